The van der Waals surface area contributed by atoms with Crippen LogP contribution in [-0.4, -0.2) is 4.98 Å². The Labute approximate surface area is 112 Å². The summed E-state index contributed by atoms with van der Waals surface area (Å²) in [4.78, 5) is 4.12. The quantitative estimate of drug-likeness (QED) is 0.827. The summed E-state index contributed by atoms with van der Waals surface area (Å²) in [5.74, 6) is 0. The van der Waals surface area contributed by atoms with Gasteiger partial charge in [0.05, 0.1) is 16.8 Å². The highest BCUT2D eigenvalue weighted by Crippen LogP contribution is 2.29. The minimum absolute atomic E-state index is 0.164. The predicted molar refractivity (Wildman–Crippen MR) is 76.9 cm³/mol. The van der Waals surface area contributed by atoms with E-state index in [1.807, 2.05) is 37.4 Å². The lowest BCUT2D eigenvalue weighted by Gasteiger charge is -2.18. The number of nitrogens with two attached hydrogens (primary N) is 1. The number of hydrogen-bond acceptors (Lipinski definition) is 3. The maximum Gasteiger partial charge on any atom is 0.0656 e. The first kappa shape index (κ1) is 12.7. The second-order valence-electron chi connectivity index (χ2n) is 4.34. The number of pyridine rings is 1. The van der Waals surface area contributed by atoms with Crippen LogP contribution in [0.25, 0.3) is 0 Å². The van der Waals surface area contributed by atoms with Crippen molar-refractivity contribution in [2.24, 2.45) is 0 Å². The molecule has 0 amide bonds. The molecule has 0 saturated carbocycles. The van der Waals surface area contributed by atoms with E-state index < -0.39 is 0 Å². The second kappa shape index (κ2) is 5.27. The molecule has 3 N–H and O–H groups in total. The predicted octanol–water partition coefficient (Wildman–Crippen LogP) is 3.80. The SMILES string of the molecule is Cc1cc(N)c(Cl)cc1NC(C)c1cccnc1. The van der Waals surface area contributed by atoms with Crippen LogP contribution < -0.4 is 11.1 Å². The van der Waals surface area contributed by atoms with E-state index >= 15 is 0 Å². The van der Waals surface area contributed by atoms with Crippen molar-refractivity contribution in [3.8, 4) is 0 Å². The molecule has 2 rings (SSSR count). The van der Waals surface area contributed by atoms with Gasteiger partial charge in [0, 0.05) is 18.1 Å². The Morgan fingerprint density at radius 1 is 1.39 bits per heavy atom. The molecule has 0 aliphatic rings. The molecule has 18 heavy (non-hydrogen) atoms. The number of nitrogen functional groups attached to an aromatic ring is 1. The van der Waals surface area contributed by atoms with Crippen LogP contribution in [0.2, 0.25) is 5.02 Å². The fraction of sp³-hybridized carbons (Fsp3) is 0.214. The highest BCUT2D eigenvalue weighted by molar-refractivity contribution is 6.33. The minimum atomic E-state index is 0.164. The van der Waals surface area contributed by atoms with Gasteiger partial charge < -0.3 is 11.1 Å². The number of nitrogens with one attached hydrogen (secondary N) is 1. The van der Waals surface area contributed by atoms with Crippen molar-refractivity contribution in [3.05, 3.63) is 52.8 Å². The summed E-state index contributed by atoms with van der Waals surface area (Å²) in [6, 6.07) is 7.87. The Morgan fingerprint density at radius 2 is 2.17 bits per heavy atom. The average molecular weight is 262 g/mol. The maximum absolute atomic E-state index is 6.04. The smallest absolute Gasteiger partial charge is 0.0656 e. The van der Waals surface area contributed by atoms with Crippen molar-refractivity contribution in [3.63, 3.8) is 0 Å². The molecule has 0 radical (unpaired) electrons. The Bertz CT molecular complexity index is 540. The van der Waals surface area contributed by atoms with Crippen molar-refractivity contribution in [2.45, 2.75) is 19.9 Å². The Morgan fingerprint density at radius 3 is 2.83 bits per heavy atom. The molecule has 0 fully saturated rings. The highest BCUT2D eigenvalue weighted by Gasteiger charge is 2.08. The molecular weight excluding hydrogens is 246 g/mol. The van der Waals surface area contributed by atoms with E-state index in [9.17, 15) is 0 Å². The summed E-state index contributed by atoms with van der Waals surface area (Å²) in [7, 11) is 0. The number of anilines is 2. The van der Waals surface area contributed by atoms with Crippen LogP contribution in [0.1, 0.15) is 24.1 Å². The van der Waals surface area contributed by atoms with Crippen LogP contribution in [0.15, 0.2) is 36.7 Å². The fourth-order valence-corrected chi connectivity index (χ4v) is 1.97. The van der Waals surface area contributed by atoms with Crippen LogP contribution in [0, 0.1) is 6.92 Å². The first-order chi connectivity index (χ1) is 8.58. The molecular formula is C14H16ClN3. The number of rotatable bonds is 3. The summed E-state index contributed by atoms with van der Waals surface area (Å²) in [5.41, 5.74) is 9.56. The summed E-state index contributed by atoms with van der Waals surface area (Å²) in [6.45, 7) is 4.09. The normalized spacial score (nSPS) is 12.2. The van der Waals surface area contributed by atoms with E-state index in [0.717, 1.165) is 16.8 Å². The molecule has 0 spiro atoms. The van der Waals surface area contributed by atoms with Gasteiger partial charge >= 0.3 is 0 Å². The monoisotopic (exact) mass is 261 g/mol. The zero-order valence-corrected chi connectivity index (χ0v) is 11.2. The third kappa shape index (κ3) is 2.74. The molecule has 0 aliphatic heterocycles. The fourth-order valence-electron chi connectivity index (χ4n) is 1.81. The molecule has 0 saturated heterocycles. The lowest BCUT2D eigenvalue weighted by Crippen LogP contribution is -2.08. The van der Waals surface area contributed by atoms with Gasteiger partial charge in [0.25, 0.3) is 0 Å². The highest BCUT2D eigenvalue weighted by atomic mass is 35.5. The number of nitrogens with zero attached hydrogens (tertiary/aromatic N) is 1. The molecule has 1 aromatic heterocycles. The Kier molecular flexibility index (Phi) is 3.72. The molecule has 2 aromatic rings. The van der Waals surface area contributed by atoms with Gasteiger partial charge in [-0.1, -0.05) is 17.7 Å². The molecule has 1 heterocycles. The summed E-state index contributed by atoms with van der Waals surface area (Å²) < 4.78 is 0. The topological polar surface area (TPSA) is 50.9 Å². The van der Waals surface area contributed by atoms with Crippen molar-refractivity contribution in [2.75, 3.05) is 11.1 Å². The van der Waals surface area contributed by atoms with Gasteiger partial charge in [0.2, 0.25) is 0 Å². The van der Waals surface area contributed by atoms with Crippen LogP contribution in [0.4, 0.5) is 11.4 Å². The van der Waals surface area contributed by atoms with E-state index in [0.29, 0.717) is 10.7 Å². The Hall–Kier alpha value is -1.74. The molecule has 0 bridgehead atoms. The minimum Gasteiger partial charge on any atom is -0.398 e. The third-order valence-corrected chi connectivity index (χ3v) is 3.23. The molecule has 1 unspecified atom stereocenters. The second-order valence-corrected chi connectivity index (χ2v) is 4.75. The van der Waals surface area contributed by atoms with Gasteiger partial charge in [-0.2, -0.15) is 0 Å². The standard InChI is InChI=1S/C14H16ClN3/c1-9-6-13(16)12(15)7-14(9)18-10(2)11-4-3-5-17-8-11/h3-8,10,18H,16H2,1-2H3. The number of hydrogen-bond donors (Lipinski definition) is 2. The van der Waals surface area contributed by atoms with Crippen molar-refractivity contribution in [1.82, 2.24) is 4.98 Å². The largest absolute Gasteiger partial charge is 0.398 e. The Balaban J connectivity index is 2.22. The average Bonchev–Trinajstić information content (AvgIpc) is 2.37. The zero-order chi connectivity index (χ0) is 13.1. The lowest BCUT2D eigenvalue weighted by molar-refractivity contribution is 0.874. The van der Waals surface area contributed by atoms with Crippen LogP contribution in [-0.2, 0) is 0 Å². The van der Waals surface area contributed by atoms with E-state index in [1.165, 1.54) is 0 Å². The van der Waals surface area contributed by atoms with E-state index in [4.69, 9.17) is 17.3 Å². The first-order valence-corrected chi connectivity index (χ1v) is 6.18. The van der Waals surface area contributed by atoms with Crippen molar-refractivity contribution in [1.29, 1.82) is 0 Å². The van der Waals surface area contributed by atoms with Gasteiger partial charge in [-0.3, -0.25) is 4.98 Å². The van der Waals surface area contributed by atoms with Gasteiger partial charge in [0.15, 0.2) is 0 Å². The van der Waals surface area contributed by atoms with Gasteiger partial charge in [-0.15, -0.1) is 0 Å². The van der Waals surface area contributed by atoms with E-state index in [1.54, 1.807) is 6.20 Å². The zero-order valence-electron chi connectivity index (χ0n) is 10.4. The summed E-state index contributed by atoms with van der Waals surface area (Å²) in [5, 5.41) is 3.99. The van der Waals surface area contributed by atoms with E-state index in [-0.39, 0.29) is 6.04 Å². The van der Waals surface area contributed by atoms with Gasteiger partial charge in [-0.05, 0) is 43.2 Å². The third-order valence-electron chi connectivity index (χ3n) is 2.90. The number of aryl methyl sites for hydroxylation is 1. The van der Waals surface area contributed by atoms with E-state index in [2.05, 4.69) is 17.2 Å². The molecule has 3 nitrogen and oxygen atoms in total. The number of halogens is 1. The van der Waals surface area contributed by atoms with Crippen LogP contribution in [0.5, 0.6) is 0 Å². The van der Waals surface area contributed by atoms with Crippen LogP contribution in [0.3, 0.4) is 0 Å². The van der Waals surface area contributed by atoms with Gasteiger partial charge in [-0.25, -0.2) is 0 Å². The summed E-state index contributed by atoms with van der Waals surface area (Å²) >= 11 is 6.04. The molecule has 4 heteroatoms. The van der Waals surface area contributed by atoms with Gasteiger partial charge in [0.1, 0.15) is 0 Å². The van der Waals surface area contributed by atoms with Crippen molar-refractivity contribution >= 4 is 23.0 Å². The lowest BCUT2D eigenvalue weighted by atomic mass is 10.1. The molecule has 1 aromatic carbocycles. The maximum atomic E-state index is 6.04. The number of aromatic nitrogens is 1. The molecule has 0 aliphatic carbocycles. The summed E-state index contributed by atoms with van der Waals surface area (Å²) in [6.07, 6.45) is 3.62. The molecule has 1 atom stereocenters. The first-order valence-electron chi connectivity index (χ1n) is 5.80. The van der Waals surface area contributed by atoms with Crippen molar-refractivity contribution < 1.29 is 0 Å². The van der Waals surface area contributed by atoms with Crippen LogP contribution >= 0.6 is 11.6 Å². The number of benzene rings is 1. The molecule has 94 valence electrons.